The molecule has 6 nitrogen and oxygen atoms in total. The number of halogens is 2. The molecular formula is C31H30F2O6. The van der Waals surface area contributed by atoms with Crippen LogP contribution in [0.5, 0.6) is 11.5 Å². The topological polar surface area (TPSA) is 71.1 Å². The van der Waals surface area contributed by atoms with E-state index >= 15 is 0 Å². The lowest BCUT2D eigenvalue weighted by Gasteiger charge is -2.11. The van der Waals surface area contributed by atoms with E-state index < -0.39 is 23.6 Å². The van der Waals surface area contributed by atoms with Gasteiger partial charge in [0.05, 0.1) is 26.4 Å². The quantitative estimate of drug-likeness (QED) is 0.123. The van der Waals surface area contributed by atoms with Gasteiger partial charge in [-0.15, -0.1) is 0 Å². The molecule has 0 N–H and O–H groups in total. The number of ether oxygens (including phenoxy) is 4. The van der Waals surface area contributed by atoms with Gasteiger partial charge in [-0.3, -0.25) is 0 Å². The van der Waals surface area contributed by atoms with Crippen LogP contribution in [0.25, 0.3) is 22.3 Å². The van der Waals surface area contributed by atoms with Crippen LogP contribution in [0.1, 0.15) is 19.3 Å². The number of benzene rings is 3. The van der Waals surface area contributed by atoms with Crippen molar-refractivity contribution in [2.75, 3.05) is 26.4 Å². The Labute approximate surface area is 226 Å². The molecule has 0 amide bonds. The first-order chi connectivity index (χ1) is 18.9. The molecule has 0 heterocycles. The molecule has 39 heavy (non-hydrogen) atoms. The maximum atomic E-state index is 15.0. The summed E-state index contributed by atoms with van der Waals surface area (Å²) in [4.78, 5) is 22.0. The average molecular weight is 537 g/mol. The van der Waals surface area contributed by atoms with Gasteiger partial charge in [0.1, 0.15) is 23.1 Å². The summed E-state index contributed by atoms with van der Waals surface area (Å²) >= 11 is 0. The largest absolute Gasteiger partial charge is 0.493 e. The van der Waals surface area contributed by atoms with E-state index in [0.717, 1.165) is 12.2 Å². The minimum absolute atomic E-state index is 0.230. The second-order valence-electron chi connectivity index (χ2n) is 8.36. The Morgan fingerprint density at radius 2 is 1.10 bits per heavy atom. The van der Waals surface area contributed by atoms with Crippen LogP contribution in [-0.4, -0.2) is 38.4 Å². The molecule has 0 aliphatic carbocycles. The molecule has 0 spiro atoms. The summed E-state index contributed by atoms with van der Waals surface area (Å²) in [6.07, 6.45) is 3.96. The van der Waals surface area contributed by atoms with Crippen molar-refractivity contribution < 1.29 is 37.3 Å². The molecule has 0 saturated carbocycles. The monoisotopic (exact) mass is 536 g/mol. The molecule has 0 aliphatic heterocycles. The molecule has 0 saturated heterocycles. The van der Waals surface area contributed by atoms with E-state index in [9.17, 15) is 18.4 Å². The van der Waals surface area contributed by atoms with Crippen molar-refractivity contribution in [1.29, 1.82) is 0 Å². The van der Waals surface area contributed by atoms with Crippen molar-refractivity contribution in [2.24, 2.45) is 0 Å². The highest BCUT2D eigenvalue weighted by atomic mass is 19.1. The van der Waals surface area contributed by atoms with Gasteiger partial charge in [-0.05, 0) is 54.3 Å². The fourth-order valence-electron chi connectivity index (χ4n) is 3.57. The lowest BCUT2D eigenvalue weighted by molar-refractivity contribution is -0.138. The fraction of sp³-hybridized carbons (Fsp3) is 0.226. The molecule has 0 unspecified atom stereocenters. The summed E-state index contributed by atoms with van der Waals surface area (Å²) in [5.41, 5.74) is 1.68. The van der Waals surface area contributed by atoms with Crippen molar-refractivity contribution in [3.05, 3.63) is 97.6 Å². The zero-order valence-corrected chi connectivity index (χ0v) is 21.5. The molecule has 0 aliphatic rings. The molecule has 3 aromatic rings. The summed E-state index contributed by atoms with van der Waals surface area (Å²) in [7, 11) is 0. The van der Waals surface area contributed by atoms with Gasteiger partial charge in [-0.25, -0.2) is 18.4 Å². The van der Waals surface area contributed by atoms with Gasteiger partial charge in [0.25, 0.3) is 0 Å². The Balaban J connectivity index is 1.53. The number of unbranched alkanes of at least 4 members (excludes halogenated alkanes) is 1. The third kappa shape index (κ3) is 9.10. The van der Waals surface area contributed by atoms with Crippen LogP contribution in [0, 0.1) is 11.6 Å². The van der Waals surface area contributed by atoms with Crippen LogP contribution in [0.4, 0.5) is 8.78 Å². The van der Waals surface area contributed by atoms with Crippen molar-refractivity contribution in [3.63, 3.8) is 0 Å². The van der Waals surface area contributed by atoms with E-state index in [0.29, 0.717) is 60.7 Å². The minimum atomic E-state index is -0.527. The van der Waals surface area contributed by atoms with Crippen LogP contribution < -0.4 is 9.47 Å². The van der Waals surface area contributed by atoms with Crippen LogP contribution >= 0.6 is 0 Å². The Kier molecular flexibility index (Phi) is 11.2. The number of hydrogen-bond donors (Lipinski definition) is 0. The fourth-order valence-corrected chi connectivity index (χ4v) is 3.57. The second-order valence-corrected chi connectivity index (χ2v) is 8.36. The van der Waals surface area contributed by atoms with Crippen molar-refractivity contribution in [2.45, 2.75) is 19.3 Å². The summed E-state index contributed by atoms with van der Waals surface area (Å²) in [5, 5.41) is 0. The van der Waals surface area contributed by atoms with Gasteiger partial charge in [0, 0.05) is 35.8 Å². The Bertz CT molecular complexity index is 1290. The summed E-state index contributed by atoms with van der Waals surface area (Å²) < 4.78 is 50.7. The average Bonchev–Trinajstić information content (AvgIpc) is 2.94. The van der Waals surface area contributed by atoms with Gasteiger partial charge in [-0.1, -0.05) is 37.4 Å². The highest BCUT2D eigenvalue weighted by molar-refractivity contribution is 5.81. The van der Waals surface area contributed by atoms with Gasteiger partial charge >= 0.3 is 11.9 Å². The first-order valence-corrected chi connectivity index (χ1v) is 12.4. The lowest BCUT2D eigenvalue weighted by atomic mass is 9.99. The summed E-state index contributed by atoms with van der Waals surface area (Å²) in [6, 6.07) is 15.9. The Hall–Kier alpha value is -4.46. The van der Waals surface area contributed by atoms with E-state index in [-0.39, 0.29) is 18.8 Å². The molecule has 3 aromatic carbocycles. The first kappa shape index (κ1) is 29.1. The second kappa shape index (κ2) is 15.1. The first-order valence-electron chi connectivity index (χ1n) is 12.4. The van der Waals surface area contributed by atoms with E-state index in [1.807, 2.05) is 0 Å². The lowest BCUT2D eigenvalue weighted by Crippen LogP contribution is -2.06. The molecule has 0 bridgehead atoms. The predicted molar refractivity (Wildman–Crippen MR) is 144 cm³/mol. The number of carbonyl (C=O) groups excluding carboxylic acids is 2. The molecule has 8 heteroatoms. The maximum absolute atomic E-state index is 15.0. The Morgan fingerprint density at radius 1 is 0.615 bits per heavy atom. The summed E-state index contributed by atoms with van der Waals surface area (Å²) in [5.74, 6) is -1.00. The molecule has 0 atom stereocenters. The highest BCUT2D eigenvalue weighted by Gasteiger charge is 2.12. The van der Waals surface area contributed by atoms with Crippen LogP contribution in [0.15, 0.2) is 86.0 Å². The van der Waals surface area contributed by atoms with Crippen molar-refractivity contribution >= 4 is 11.9 Å². The van der Waals surface area contributed by atoms with E-state index in [4.69, 9.17) is 18.9 Å². The van der Waals surface area contributed by atoms with Crippen LogP contribution in [0.3, 0.4) is 0 Å². The molecule has 0 radical (unpaired) electrons. The number of rotatable bonds is 15. The maximum Gasteiger partial charge on any atom is 0.330 e. The number of hydrogen-bond acceptors (Lipinski definition) is 6. The number of carbonyl (C=O) groups is 2. The minimum Gasteiger partial charge on any atom is -0.493 e. The van der Waals surface area contributed by atoms with Gasteiger partial charge < -0.3 is 18.9 Å². The zero-order valence-electron chi connectivity index (χ0n) is 21.5. The summed E-state index contributed by atoms with van der Waals surface area (Å²) in [6.45, 7) is 7.84. The molecule has 3 rings (SSSR count). The predicted octanol–water partition coefficient (Wildman–Crippen LogP) is 6.69. The standard InChI is InChI=1S/C31H30F2O6/c1-3-30(34)38-17-6-5-16-37-25-13-15-27(29(33)21-25)23-10-14-26(28(32)20-23)22-8-11-24(12-9-22)36-18-7-19-39-31(35)4-2/h3-4,8-15,20-21H,1-2,5-7,16-19H2. The van der Waals surface area contributed by atoms with Crippen LogP contribution in [0.2, 0.25) is 0 Å². The van der Waals surface area contributed by atoms with Gasteiger partial charge in [-0.2, -0.15) is 0 Å². The third-order valence-corrected chi connectivity index (χ3v) is 5.57. The van der Waals surface area contributed by atoms with E-state index in [1.165, 1.54) is 12.1 Å². The number of esters is 2. The molecule has 0 fully saturated rings. The normalized spacial score (nSPS) is 10.4. The van der Waals surface area contributed by atoms with Crippen molar-refractivity contribution in [1.82, 2.24) is 0 Å². The van der Waals surface area contributed by atoms with Crippen LogP contribution in [-0.2, 0) is 19.1 Å². The van der Waals surface area contributed by atoms with Gasteiger partial charge in [0.2, 0.25) is 0 Å². The van der Waals surface area contributed by atoms with E-state index in [2.05, 4.69) is 13.2 Å². The smallest absolute Gasteiger partial charge is 0.330 e. The van der Waals surface area contributed by atoms with E-state index in [1.54, 1.807) is 48.5 Å². The van der Waals surface area contributed by atoms with Crippen molar-refractivity contribution in [3.8, 4) is 33.8 Å². The zero-order chi connectivity index (χ0) is 28.0. The SMILES string of the molecule is C=CC(=O)OCCCCOc1ccc(-c2ccc(-c3ccc(OCCCOC(=O)C=C)cc3)c(F)c2)c(F)c1. The van der Waals surface area contributed by atoms with Gasteiger partial charge in [0.15, 0.2) is 0 Å². The molecule has 204 valence electrons. The Morgan fingerprint density at radius 3 is 1.74 bits per heavy atom. The highest BCUT2D eigenvalue weighted by Crippen LogP contribution is 2.31. The molecular weight excluding hydrogens is 506 g/mol. The molecule has 0 aromatic heterocycles. The third-order valence-electron chi connectivity index (χ3n) is 5.57.